The Bertz CT molecular complexity index is 954. The molecule has 0 amide bonds. The molecule has 0 saturated heterocycles. The molecule has 1 heterocycles. The van der Waals surface area contributed by atoms with E-state index in [0.717, 1.165) is 14.8 Å². The lowest BCUT2D eigenvalue weighted by Gasteiger charge is -2.24. The molecule has 150 valence electrons. The summed E-state index contributed by atoms with van der Waals surface area (Å²) in [7, 11) is 0. The highest BCUT2D eigenvalue weighted by Gasteiger charge is 2.20. The van der Waals surface area contributed by atoms with E-state index in [9.17, 15) is 0 Å². The Kier molecular flexibility index (Phi) is 6.88. The van der Waals surface area contributed by atoms with Crippen LogP contribution >= 0.6 is 31.9 Å². The largest absolute Gasteiger partial charge is 0.489 e. The lowest BCUT2D eigenvalue weighted by Crippen LogP contribution is -2.15. The summed E-state index contributed by atoms with van der Waals surface area (Å²) in [6.07, 6.45) is 8.30. The summed E-state index contributed by atoms with van der Waals surface area (Å²) in [4.78, 5) is 0. The minimum atomic E-state index is 0.476. The van der Waals surface area contributed by atoms with Crippen LogP contribution in [0.3, 0.4) is 0 Å². The first kappa shape index (κ1) is 20.4. The van der Waals surface area contributed by atoms with Crippen molar-refractivity contribution in [2.45, 2.75) is 44.8 Å². The fourth-order valence-corrected chi connectivity index (χ4v) is 4.35. The molecule has 0 radical (unpaired) electrons. The highest BCUT2D eigenvalue weighted by Crippen LogP contribution is 2.34. The van der Waals surface area contributed by atoms with E-state index >= 15 is 0 Å². The molecule has 1 saturated carbocycles. The second kappa shape index (κ2) is 9.77. The molecule has 0 unspecified atom stereocenters. The normalized spacial score (nSPS) is 14.6. The number of hydrogen-bond acceptors (Lipinski definition) is 2. The van der Waals surface area contributed by atoms with E-state index < -0.39 is 0 Å². The van der Waals surface area contributed by atoms with Gasteiger partial charge < -0.3 is 4.74 Å². The first-order chi connectivity index (χ1) is 14.2. The third kappa shape index (κ3) is 5.40. The zero-order valence-electron chi connectivity index (χ0n) is 16.2. The summed E-state index contributed by atoms with van der Waals surface area (Å²) in [6.45, 7) is 0.578. The standard InChI is InChI=1S/C24H24Br2N2O/c25-24(26)16-20-15-23(28(27-20)21-9-5-2-6-10-21)19-11-13-22(14-12-19)29-17-18-7-3-1-4-8-18/h1,3-4,7-8,11-16,21H,2,5-6,9-10,17H2. The monoisotopic (exact) mass is 514 g/mol. The summed E-state index contributed by atoms with van der Waals surface area (Å²) in [5.74, 6) is 0.879. The minimum absolute atomic E-state index is 0.476. The predicted octanol–water partition coefficient (Wildman–Crippen LogP) is 7.72. The van der Waals surface area contributed by atoms with Gasteiger partial charge in [0.2, 0.25) is 0 Å². The second-order valence-electron chi connectivity index (χ2n) is 7.42. The van der Waals surface area contributed by atoms with Crippen molar-refractivity contribution < 1.29 is 4.74 Å². The van der Waals surface area contributed by atoms with Crippen molar-refractivity contribution in [2.75, 3.05) is 0 Å². The first-order valence-corrected chi connectivity index (χ1v) is 11.7. The van der Waals surface area contributed by atoms with Gasteiger partial charge in [-0.3, -0.25) is 4.68 Å². The van der Waals surface area contributed by atoms with Gasteiger partial charge in [-0.2, -0.15) is 5.10 Å². The number of nitrogens with zero attached hydrogens (tertiary/aromatic N) is 2. The fraction of sp³-hybridized carbons (Fsp3) is 0.292. The summed E-state index contributed by atoms with van der Waals surface area (Å²) >= 11 is 6.91. The molecule has 0 N–H and O–H groups in total. The van der Waals surface area contributed by atoms with Crippen LogP contribution in [0.25, 0.3) is 17.3 Å². The van der Waals surface area contributed by atoms with Gasteiger partial charge in [0.15, 0.2) is 0 Å². The van der Waals surface area contributed by atoms with Crippen LogP contribution in [0.4, 0.5) is 0 Å². The van der Waals surface area contributed by atoms with Crippen LogP contribution in [0.5, 0.6) is 5.75 Å². The zero-order chi connectivity index (χ0) is 20.1. The molecular formula is C24H24Br2N2O. The molecule has 0 bridgehead atoms. The van der Waals surface area contributed by atoms with Crippen LogP contribution in [-0.4, -0.2) is 9.78 Å². The Hall–Kier alpha value is -1.85. The van der Waals surface area contributed by atoms with Crippen LogP contribution in [0, 0.1) is 0 Å². The maximum absolute atomic E-state index is 5.94. The van der Waals surface area contributed by atoms with Crippen molar-refractivity contribution in [1.29, 1.82) is 0 Å². The molecule has 29 heavy (non-hydrogen) atoms. The molecular weight excluding hydrogens is 492 g/mol. The number of ether oxygens (including phenoxy) is 1. The highest BCUT2D eigenvalue weighted by molar-refractivity contribution is 9.28. The Morgan fingerprint density at radius 1 is 1.00 bits per heavy atom. The number of halogens is 2. The fourth-order valence-electron chi connectivity index (χ4n) is 3.88. The van der Waals surface area contributed by atoms with E-state index in [4.69, 9.17) is 9.84 Å². The molecule has 1 fully saturated rings. The first-order valence-electron chi connectivity index (χ1n) is 10.1. The molecule has 1 aliphatic rings. The van der Waals surface area contributed by atoms with Crippen molar-refractivity contribution in [3.63, 3.8) is 0 Å². The van der Waals surface area contributed by atoms with Gasteiger partial charge in [-0.1, -0.05) is 49.6 Å². The highest BCUT2D eigenvalue weighted by atomic mass is 79.9. The topological polar surface area (TPSA) is 27.1 Å². The molecule has 4 rings (SSSR count). The van der Waals surface area contributed by atoms with Crippen LogP contribution in [0.15, 0.2) is 64.1 Å². The van der Waals surface area contributed by atoms with Gasteiger partial charge in [-0.15, -0.1) is 0 Å². The molecule has 3 aromatic rings. The third-order valence-electron chi connectivity index (χ3n) is 5.33. The van der Waals surface area contributed by atoms with E-state index in [1.165, 1.54) is 48.9 Å². The Balaban J connectivity index is 1.56. The average Bonchev–Trinajstić information content (AvgIpc) is 3.17. The predicted molar refractivity (Wildman–Crippen MR) is 126 cm³/mol. The molecule has 3 nitrogen and oxygen atoms in total. The summed E-state index contributed by atoms with van der Waals surface area (Å²) in [5.41, 5.74) is 4.46. The van der Waals surface area contributed by atoms with Gasteiger partial charge >= 0.3 is 0 Å². The number of benzene rings is 2. The van der Waals surface area contributed by atoms with Crippen molar-refractivity contribution >= 4 is 37.9 Å². The van der Waals surface area contributed by atoms with E-state index in [1.54, 1.807) is 0 Å². The summed E-state index contributed by atoms with van der Waals surface area (Å²) in [6, 6.07) is 21.2. The third-order valence-corrected chi connectivity index (χ3v) is 5.79. The van der Waals surface area contributed by atoms with E-state index in [1.807, 2.05) is 36.4 Å². The van der Waals surface area contributed by atoms with Gasteiger partial charge in [0.25, 0.3) is 0 Å². The average molecular weight is 516 g/mol. The van der Waals surface area contributed by atoms with Crippen LogP contribution in [0.2, 0.25) is 0 Å². The van der Waals surface area contributed by atoms with Gasteiger partial charge in [-0.05, 0) is 86.7 Å². The van der Waals surface area contributed by atoms with Crippen molar-refractivity contribution in [3.8, 4) is 17.0 Å². The van der Waals surface area contributed by atoms with Crippen LogP contribution in [0.1, 0.15) is 49.4 Å². The van der Waals surface area contributed by atoms with Crippen molar-refractivity contribution in [2.24, 2.45) is 0 Å². The molecule has 1 aliphatic carbocycles. The molecule has 1 aromatic heterocycles. The van der Waals surface area contributed by atoms with Crippen molar-refractivity contribution in [1.82, 2.24) is 9.78 Å². The molecule has 0 spiro atoms. The van der Waals surface area contributed by atoms with Crippen molar-refractivity contribution in [3.05, 3.63) is 75.3 Å². The van der Waals surface area contributed by atoms with Crippen LogP contribution in [-0.2, 0) is 6.61 Å². The van der Waals surface area contributed by atoms with E-state index in [2.05, 4.69) is 66.9 Å². The lowest BCUT2D eigenvalue weighted by molar-refractivity contribution is 0.306. The van der Waals surface area contributed by atoms with Gasteiger partial charge in [-0.25, -0.2) is 0 Å². The maximum atomic E-state index is 5.94. The minimum Gasteiger partial charge on any atom is -0.489 e. The summed E-state index contributed by atoms with van der Waals surface area (Å²) < 4.78 is 9.07. The van der Waals surface area contributed by atoms with E-state index in [0.29, 0.717) is 12.6 Å². The van der Waals surface area contributed by atoms with Gasteiger partial charge in [0, 0.05) is 5.56 Å². The smallest absolute Gasteiger partial charge is 0.119 e. The Labute approximate surface area is 189 Å². The summed E-state index contributed by atoms with van der Waals surface area (Å²) in [5, 5.41) is 4.90. The van der Waals surface area contributed by atoms with Gasteiger partial charge in [0.05, 0.1) is 20.8 Å². The Morgan fingerprint density at radius 3 is 2.41 bits per heavy atom. The quantitative estimate of drug-likeness (QED) is 0.336. The number of hydrogen-bond donors (Lipinski definition) is 0. The molecule has 5 heteroatoms. The van der Waals surface area contributed by atoms with E-state index in [-0.39, 0.29) is 0 Å². The molecule has 2 aromatic carbocycles. The molecule has 0 atom stereocenters. The molecule has 0 aliphatic heterocycles. The second-order valence-corrected chi connectivity index (χ2v) is 10.2. The lowest BCUT2D eigenvalue weighted by atomic mass is 9.95. The number of aromatic nitrogens is 2. The zero-order valence-corrected chi connectivity index (χ0v) is 19.4. The van der Waals surface area contributed by atoms with Crippen LogP contribution < -0.4 is 4.74 Å². The SMILES string of the molecule is BrC(Br)=Cc1cc(-c2ccc(OCc3ccccc3)cc2)n(C2CCCCC2)n1. The maximum Gasteiger partial charge on any atom is 0.119 e. The van der Waals surface area contributed by atoms with Gasteiger partial charge in [0.1, 0.15) is 12.4 Å². The number of rotatable bonds is 6. The Morgan fingerprint density at radius 2 is 1.72 bits per heavy atom.